The summed E-state index contributed by atoms with van der Waals surface area (Å²) in [7, 11) is 1.99. The van der Waals surface area contributed by atoms with Gasteiger partial charge in [-0.15, -0.1) is 0 Å². The second-order valence-electron chi connectivity index (χ2n) is 4.13. The first-order valence-corrected chi connectivity index (χ1v) is 6.45. The number of furan rings is 1. The molecule has 1 aromatic heterocycles. The maximum absolute atomic E-state index is 5.11. The highest BCUT2D eigenvalue weighted by Gasteiger charge is 2.14. The van der Waals surface area contributed by atoms with Crippen LogP contribution >= 0.6 is 15.9 Å². The van der Waals surface area contributed by atoms with Gasteiger partial charge in [-0.05, 0) is 49.2 Å². The first-order chi connectivity index (χ1) is 8.22. The summed E-state index contributed by atoms with van der Waals surface area (Å²) >= 11 is 3.58. The molecule has 1 aromatic carbocycles. The fourth-order valence-electron chi connectivity index (χ4n) is 2.01. The number of benzene rings is 1. The lowest BCUT2D eigenvalue weighted by atomic mass is 9.97. The molecule has 1 N–H and O–H groups in total. The van der Waals surface area contributed by atoms with Crippen molar-refractivity contribution in [2.45, 2.75) is 19.4 Å². The van der Waals surface area contributed by atoms with Crippen molar-refractivity contribution in [3.8, 4) is 0 Å². The van der Waals surface area contributed by atoms with Gasteiger partial charge in [0.2, 0.25) is 0 Å². The van der Waals surface area contributed by atoms with Crippen molar-refractivity contribution >= 4 is 15.9 Å². The number of nitrogens with one attached hydrogen (secondary N) is 1. The second-order valence-corrected chi connectivity index (χ2v) is 4.99. The monoisotopic (exact) mass is 293 g/mol. The topological polar surface area (TPSA) is 25.2 Å². The van der Waals surface area contributed by atoms with Crippen molar-refractivity contribution in [1.29, 1.82) is 0 Å². The van der Waals surface area contributed by atoms with Crippen LogP contribution < -0.4 is 5.32 Å². The summed E-state index contributed by atoms with van der Waals surface area (Å²) in [6.45, 7) is 2.14. The Morgan fingerprint density at radius 2 is 2.18 bits per heavy atom. The van der Waals surface area contributed by atoms with Gasteiger partial charge in [0.05, 0.1) is 12.5 Å². The Kier molecular flexibility index (Phi) is 4.02. The zero-order valence-electron chi connectivity index (χ0n) is 10.0. The lowest BCUT2D eigenvalue weighted by Gasteiger charge is -2.19. The zero-order valence-corrected chi connectivity index (χ0v) is 11.6. The molecule has 2 aromatic rings. The summed E-state index contributed by atoms with van der Waals surface area (Å²) in [4.78, 5) is 0. The number of likely N-dealkylation sites (N-methyl/N-ethyl adjacent to an activating group) is 1. The molecule has 0 amide bonds. The van der Waals surface area contributed by atoms with E-state index in [4.69, 9.17) is 4.42 Å². The SMILES string of the molecule is CNC(Cc1ccoc1)c1cccc(Br)c1C. The molecule has 0 aliphatic rings. The maximum atomic E-state index is 5.11. The molecule has 2 nitrogen and oxygen atoms in total. The van der Waals surface area contributed by atoms with Crippen molar-refractivity contribution in [3.63, 3.8) is 0 Å². The molecule has 90 valence electrons. The van der Waals surface area contributed by atoms with Gasteiger partial charge in [0.15, 0.2) is 0 Å². The molecular formula is C14H16BrNO. The number of hydrogen-bond acceptors (Lipinski definition) is 2. The molecule has 0 fully saturated rings. The summed E-state index contributed by atoms with van der Waals surface area (Å²) in [5, 5.41) is 3.36. The molecule has 0 aliphatic heterocycles. The highest BCUT2D eigenvalue weighted by molar-refractivity contribution is 9.10. The molecular weight excluding hydrogens is 278 g/mol. The Morgan fingerprint density at radius 3 is 2.82 bits per heavy atom. The lowest BCUT2D eigenvalue weighted by molar-refractivity contribution is 0.551. The van der Waals surface area contributed by atoms with Crippen LogP contribution in [0, 0.1) is 6.92 Å². The molecule has 0 bridgehead atoms. The fraction of sp³-hybridized carbons (Fsp3) is 0.286. The van der Waals surface area contributed by atoms with E-state index in [0.29, 0.717) is 6.04 Å². The summed E-state index contributed by atoms with van der Waals surface area (Å²) in [5.74, 6) is 0. The van der Waals surface area contributed by atoms with Gasteiger partial charge in [0.25, 0.3) is 0 Å². The predicted molar refractivity (Wildman–Crippen MR) is 73.1 cm³/mol. The van der Waals surface area contributed by atoms with E-state index >= 15 is 0 Å². The van der Waals surface area contributed by atoms with Crippen LogP contribution in [0.4, 0.5) is 0 Å². The van der Waals surface area contributed by atoms with Crippen molar-refractivity contribution in [2.75, 3.05) is 7.05 Å². The summed E-state index contributed by atoms with van der Waals surface area (Å²) in [6.07, 6.45) is 4.46. The van der Waals surface area contributed by atoms with Crippen LogP contribution in [0.5, 0.6) is 0 Å². The van der Waals surface area contributed by atoms with Gasteiger partial charge < -0.3 is 9.73 Å². The molecule has 0 saturated heterocycles. The normalized spacial score (nSPS) is 12.6. The van der Waals surface area contributed by atoms with Crippen LogP contribution in [0.15, 0.2) is 45.7 Å². The molecule has 0 spiro atoms. The Labute approximate surface area is 110 Å². The Balaban J connectivity index is 2.26. The zero-order chi connectivity index (χ0) is 12.3. The Hall–Kier alpha value is -1.06. The fourth-order valence-corrected chi connectivity index (χ4v) is 2.40. The molecule has 0 saturated carbocycles. The molecule has 0 radical (unpaired) electrons. The molecule has 0 aliphatic carbocycles. The van der Waals surface area contributed by atoms with Crippen LogP contribution in [0.2, 0.25) is 0 Å². The summed E-state index contributed by atoms with van der Waals surface area (Å²) in [6, 6.07) is 8.64. The van der Waals surface area contributed by atoms with Crippen molar-refractivity contribution in [2.24, 2.45) is 0 Å². The molecule has 1 unspecified atom stereocenters. The van der Waals surface area contributed by atoms with E-state index in [9.17, 15) is 0 Å². The minimum absolute atomic E-state index is 0.310. The van der Waals surface area contributed by atoms with Crippen molar-refractivity contribution < 1.29 is 4.42 Å². The number of rotatable bonds is 4. The first kappa shape index (κ1) is 12.4. The van der Waals surface area contributed by atoms with Crippen LogP contribution in [0.3, 0.4) is 0 Å². The average Bonchev–Trinajstić information content (AvgIpc) is 2.83. The van der Waals surface area contributed by atoms with E-state index in [1.54, 1.807) is 12.5 Å². The van der Waals surface area contributed by atoms with E-state index in [0.717, 1.165) is 10.9 Å². The third kappa shape index (κ3) is 2.79. The average molecular weight is 294 g/mol. The second kappa shape index (κ2) is 5.52. The highest BCUT2D eigenvalue weighted by Crippen LogP contribution is 2.26. The van der Waals surface area contributed by atoms with Gasteiger partial charge in [0.1, 0.15) is 0 Å². The lowest BCUT2D eigenvalue weighted by Crippen LogP contribution is -2.19. The quantitative estimate of drug-likeness (QED) is 0.926. The predicted octanol–water partition coefficient (Wildman–Crippen LogP) is 3.85. The highest BCUT2D eigenvalue weighted by atomic mass is 79.9. The standard InChI is InChI=1S/C14H16BrNO/c1-10-12(4-3-5-13(10)15)14(16-2)8-11-6-7-17-9-11/h3-7,9,14,16H,8H2,1-2H3. The van der Waals surface area contributed by atoms with Gasteiger partial charge in [-0.25, -0.2) is 0 Å². The van der Waals surface area contributed by atoms with E-state index in [-0.39, 0.29) is 0 Å². The van der Waals surface area contributed by atoms with Crippen LogP contribution in [0.25, 0.3) is 0 Å². The van der Waals surface area contributed by atoms with Gasteiger partial charge >= 0.3 is 0 Å². The smallest absolute Gasteiger partial charge is 0.0935 e. The van der Waals surface area contributed by atoms with E-state index in [1.807, 2.05) is 13.1 Å². The van der Waals surface area contributed by atoms with Crippen LogP contribution in [-0.4, -0.2) is 7.05 Å². The third-order valence-corrected chi connectivity index (χ3v) is 3.91. The summed E-state index contributed by atoms with van der Waals surface area (Å²) < 4.78 is 6.27. The number of halogens is 1. The van der Waals surface area contributed by atoms with Crippen LogP contribution in [-0.2, 0) is 6.42 Å². The molecule has 1 heterocycles. The van der Waals surface area contributed by atoms with E-state index in [1.165, 1.54) is 16.7 Å². The van der Waals surface area contributed by atoms with Crippen molar-refractivity contribution in [3.05, 3.63) is 58.0 Å². The first-order valence-electron chi connectivity index (χ1n) is 5.65. The van der Waals surface area contributed by atoms with E-state index < -0.39 is 0 Å². The molecule has 1 atom stereocenters. The van der Waals surface area contributed by atoms with Crippen molar-refractivity contribution in [1.82, 2.24) is 5.32 Å². The van der Waals surface area contributed by atoms with Gasteiger partial charge in [-0.2, -0.15) is 0 Å². The Bertz CT molecular complexity index is 479. The Morgan fingerprint density at radius 1 is 1.35 bits per heavy atom. The number of hydrogen-bond donors (Lipinski definition) is 1. The van der Waals surface area contributed by atoms with Gasteiger partial charge in [-0.1, -0.05) is 28.1 Å². The summed E-state index contributed by atoms with van der Waals surface area (Å²) in [5.41, 5.74) is 3.82. The van der Waals surface area contributed by atoms with E-state index in [2.05, 4.69) is 46.4 Å². The minimum Gasteiger partial charge on any atom is -0.472 e. The third-order valence-electron chi connectivity index (χ3n) is 3.05. The van der Waals surface area contributed by atoms with Crippen LogP contribution in [0.1, 0.15) is 22.7 Å². The maximum Gasteiger partial charge on any atom is 0.0935 e. The largest absolute Gasteiger partial charge is 0.472 e. The van der Waals surface area contributed by atoms with Gasteiger partial charge in [0, 0.05) is 10.5 Å². The molecule has 17 heavy (non-hydrogen) atoms. The minimum atomic E-state index is 0.310. The molecule has 2 rings (SSSR count). The van der Waals surface area contributed by atoms with Gasteiger partial charge in [-0.3, -0.25) is 0 Å². The molecule has 3 heteroatoms.